The predicted molar refractivity (Wildman–Crippen MR) is 95.1 cm³/mol. The van der Waals surface area contributed by atoms with Gasteiger partial charge >= 0.3 is 5.97 Å². The minimum Gasteiger partial charge on any atom is -0.481 e. The van der Waals surface area contributed by atoms with E-state index in [4.69, 9.17) is 9.84 Å². The van der Waals surface area contributed by atoms with E-state index in [0.29, 0.717) is 11.3 Å². The fraction of sp³-hybridized carbons (Fsp3) is 0.556. The van der Waals surface area contributed by atoms with Gasteiger partial charge in [-0.2, -0.15) is 0 Å². The van der Waals surface area contributed by atoms with Crippen molar-refractivity contribution in [2.75, 3.05) is 11.9 Å². The van der Waals surface area contributed by atoms with E-state index < -0.39 is 12.6 Å². The van der Waals surface area contributed by atoms with Gasteiger partial charge in [-0.05, 0) is 23.0 Å². The van der Waals surface area contributed by atoms with Crippen molar-refractivity contribution in [2.24, 2.45) is 0 Å². The molecule has 0 radical (unpaired) electrons. The fourth-order valence-electron chi connectivity index (χ4n) is 2.27. The van der Waals surface area contributed by atoms with Crippen LogP contribution >= 0.6 is 15.9 Å². The molecular formula is C18H25BrO4. The Morgan fingerprint density at radius 2 is 1.48 bits per heavy atom. The van der Waals surface area contributed by atoms with Crippen molar-refractivity contribution in [3.8, 4) is 5.75 Å². The summed E-state index contributed by atoms with van der Waals surface area (Å²) >= 11 is 3.21. The molecular weight excluding hydrogens is 360 g/mol. The Balaban J connectivity index is 3.67. The lowest BCUT2D eigenvalue weighted by molar-refractivity contribution is -0.139. The van der Waals surface area contributed by atoms with Crippen LogP contribution < -0.4 is 4.74 Å². The second-order valence-corrected chi connectivity index (χ2v) is 8.20. The Morgan fingerprint density at radius 3 is 1.78 bits per heavy atom. The third-order valence-corrected chi connectivity index (χ3v) is 4.00. The van der Waals surface area contributed by atoms with Crippen molar-refractivity contribution < 1.29 is 19.4 Å². The summed E-state index contributed by atoms with van der Waals surface area (Å²) in [6.45, 7) is 11.7. The SMILES string of the molecule is CC(C)(C)c1cc(C(=O)CBr)cc(C(C)(C)C)c1OCC(=O)O. The van der Waals surface area contributed by atoms with E-state index in [-0.39, 0.29) is 21.9 Å². The first-order chi connectivity index (χ1) is 10.4. The molecule has 23 heavy (non-hydrogen) atoms. The maximum absolute atomic E-state index is 12.2. The maximum Gasteiger partial charge on any atom is 0.341 e. The number of carboxylic acids is 1. The minimum absolute atomic E-state index is 0.00853. The van der Waals surface area contributed by atoms with E-state index in [0.717, 1.165) is 11.1 Å². The first-order valence-corrected chi connectivity index (χ1v) is 8.63. The van der Waals surface area contributed by atoms with Crippen molar-refractivity contribution in [3.63, 3.8) is 0 Å². The molecule has 0 spiro atoms. The van der Waals surface area contributed by atoms with E-state index in [1.54, 1.807) is 0 Å². The number of carboxylic acid groups (broad SMARTS) is 1. The highest BCUT2D eigenvalue weighted by Gasteiger charge is 2.29. The number of halogens is 1. The molecule has 0 unspecified atom stereocenters. The number of carbonyl (C=O) groups is 2. The van der Waals surface area contributed by atoms with Gasteiger partial charge in [-0.1, -0.05) is 57.5 Å². The number of hydrogen-bond donors (Lipinski definition) is 1. The molecule has 0 amide bonds. The summed E-state index contributed by atoms with van der Waals surface area (Å²) in [5, 5.41) is 9.20. The summed E-state index contributed by atoms with van der Waals surface area (Å²) in [4.78, 5) is 23.1. The smallest absolute Gasteiger partial charge is 0.341 e. The molecule has 0 bridgehead atoms. The van der Waals surface area contributed by atoms with Crippen molar-refractivity contribution in [1.82, 2.24) is 0 Å². The Hall–Kier alpha value is -1.36. The largest absolute Gasteiger partial charge is 0.481 e. The Bertz CT molecular complexity index is 571. The van der Waals surface area contributed by atoms with Crippen LogP contribution in [-0.2, 0) is 15.6 Å². The van der Waals surface area contributed by atoms with Gasteiger partial charge in [-0.25, -0.2) is 4.79 Å². The Morgan fingerprint density at radius 1 is 1.04 bits per heavy atom. The maximum atomic E-state index is 12.2. The number of ether oxygens (including phenoxy) is 1. The molecule has 1 aromatic rings. The van der Waals surface area contributed by atoms with E-state index in [9.17, 15) is 9.59 Å². The molecule has 0 aliphatic rings. The van der Waals surface area contributed by atoms with Crippen LogP contribution in [0.3, 0.4) is 0 Å². The van der Waals surface area contributed by atoms with Crippen LogP contribution in [0.5, 0.6) is 5.75 Å². The third kappa shape index (κ3) is 5.06. The molecule has 128 valence electrons. The van der Waals surface area contributed by atoms with Crippen LogP contribution in [0, 0.1) is 0 Å². The second-order valence-electron chi connectivity index (χ2n) is 7.64. The zero-order chi connectivity index (χ0) is 18.0. The molecule has 0 fully saturated rings. The number of aliphatic carboxylic acids is 1. The van der Waals surface area contributed by atoms with Crippen LogP contribution in [-0.4, -0.2) is 28.8 Å². The van der Waals surface area contributed by atoms with E-state index >= 15 is 0 Å². The molecule has 1 N–H and O–H groups in total. The molecule has 1 aromatic carbocycles. The lowest BCUT2D eigenvalue weighted by atomic mass is 9.78. The summed E-state index contributed by atoms with van der Waals surface area (Å²) < 4.78 is 5.63. The molecule has 0 saturated carbocycles. The highest BCUT2D eigenvalue weighted by molar-refractivity contribution is 9.09. The zero-order valence-corrected chi connectivity index (χ0v) is 16.2. The number of carbonyl (C=O) groups excluding carboxylic acids is 1. The second kappa shape index (κ2) is 7.04. The van der Waals surface area contributed by atoms with Crippen molar-refractivity contribution in [1.29, 1.82) is 0 Å². The monoisotopic (exact) mass is 384 g/mol. The molecule has 5 heteroatoms. The molecule has 1 rings (SSSR count). The predicted octanol–water partition coefficient (Wildman–Crippen LogP) is 4.32. The van der Waals surface area contributed by atoms with E-state index in [1.807, 2.05) is 53.7 Å². The summed E-state index contributed by atoms with van der Waals surface area (Å²) in [6, 6.07) is 3.63. The first kappa shape index (κ1) is 19.7. The fourth-order valence-corrected chi connectivity index (χ4v) is 2.59. The molecule has 4 nitrogen and oxygen atoms in total. The van der Waals surface area contributed by atoms with Gasteiger partial charge in [0.15, 0.2) is 12.4 Å². The number of benzene rings is 1. The average molecular weight is 385 g/mol. The minimum atomic E-state index is -1.02. The average Bonchev–Trinajstić information content (AvgIpc) is 2.41. The summed E-state index contributed by atoms with van der Waals surface area (Å²) in [7, 11) is 0. The summed E-state index contributed by atoms with van der Waals surface area (Å²) in [5.74, 6) is -0.463. The van der Waals surface area contributed by atoms with Crippen LogP contribution in [0.1, 0.15) is 63.0 Å². The van der Waals surface area contributed by atoms with Gasteiger partial charge < -0.3 is 9.84 Å². The molecule has 0 atom stereocenters. The quantitative estimate of drug-likeness (QED) is 0.606. The van der Waals surface area contributed by atoms with Gasteiger partial charge in [0.05, 0.1) is 5.33 Å². The number of Topliss-reactive ketones (excluding diaryl/α,β-unsaturated/α-hetero) is 1. The molecule has 0 aliphatic carbocycles. The van der Waals surface area contributed by atoms with Gasteiger partial charge in [0, 0.05) is 16.7 Å². The molecule has 0 saturated heterocycles. The number of ketones is 1. The van der Waals surface area contributed by atoms with Crippen LogP contribution in [0.15, 0.2) is 12.1 Å². The van der Waals surface area contributed by atoms with Gasteiger partial charge in [-0.3, -0.25) is 4.79 Å². The molecule has 0 heterocycles. The van der Waals surface area contributed by atoms with Crippen LogP contribution in [0.4, 0.5) is 0 Å². The zero-order valence-electron chi connectivity index (χ0n) is 14.6. The lowest BCUT2D eigenvalue weighted by Gasteiger charge is -2.30. The van der Waals surface area contributed by atoms with Gasteiger partial charge in [0.2, 0.25) is 0 Å². The highest BCUT2D eigenvalue weighted by Crippen LogP contribution is 2.40. The number of rotatable bonds is 5. The van der Waals surface area contributed by atoms with Crippen molar-refractivity contribution in [3.05, 3.63) is 28.8 Å². The Labute approximate surface area is 146 Å². The summed E-state index contributed by atoms with van der Waals surface area (Å²) in [6.07, 6.45) is 0. The van der Waals surface area contributed by atoms with Gasteiger partial charge in [-0.15, -0.1) is 0 Å². The molecule has 0 aliphatic heterocycles. The Kier molecular flexibility index (Phi) is 6.02. The van der Waals surface area contributed by atoms with Gasteiger partial charge in [0.1, 0.15) is 5.75 Å². The van der Waals surface area contributed by atoms with Crippen LogP contribution in [0.25, 0.3) is 0 Å². The number of alkyl halides is 1. The highest BCUT2D eigenvalue weighted by atomic mass is 79.9. The number of hydrogen-bond acceptors (Lipinski definition) is 3. The lowest BCUT2D eigenvalue weighted by Crippen LogP contribution is -2.23. The van der Waals surface area contributed by atoms with Gasteiger partial charge in [0.25, 0.3) is 0 Å². The first-order valence-electron chi connectivity index (χ1n) is 7.50. The summed E-state index contributed by atoms with van der Waals surface area (Å²) in [5.41, 5.74) is 1.73. The third-order valence-electron chi connectivity index (χ3n) is 3.49. The van der Waals surface area contributed by atoms with Crippen molar-refractivity contribution >= 4 is 27.7 Å². The molecule has 0 aromatic heterocycles. The van der Waals surface area contributed by atoms with E-state index in [1.165, 1.54) is 0 Å². The van der Waals surface area contributed by atoms with E-state index in [2.05, 4.69) is 15.9 Å². The standard InChI is InChI=1S/C18H25BrO4/c1-17(2,3)12-7-11(14(20)9-19)8-13(18(4,5)6)16(12)23-10-15(21)22/h7-8H,9-10H2,1-6H3,(H,21,22). The van der Waals surface area contributed by atoms with Crippen LogP contribution in [0.2, 0.25) is 0 Å². The normalized spacial score (nSPS) is 12.1. The topological polar surface area (TPSA) is 63.6 Å². The van der Waals surface area contributed by atoms with Crippen molar-refractivity contribution in [2.45, 2.75) is 52.4 Å².